The van der Waals surface area contributed by atoms with Gasteiger partial charge in [-0.25, -0.2) is 17.6 Å². The van der Waals surface area contributed by atoms with Crippen LogP contribution in [0.1, 0.15) is 21.5 Å². The molecule has 0 amide bonds. The Bertz CT molecular complexity index is 847. The van der Waals surface area contributed by atoms with Gasteiger partial charge in [0.05, 0.1) is 16.1 Å². The summed E-state index contributed by atoms with van der Waals surface area (Å²) < 4.78 is 40.6. The smallest absolute Gasteiger partial charge is 0.335 e. The number of aromatic carboxylic acids is 1. The quantitative estimate of drug-likeness (QED) is 0.906. The minimum absolute atomic E-state index is 0.0230. The number of nitrogens with one attached hydrogen (secondary N) is 1. The second-order valence-electron chi connectivity index (χ2n) is 4.80. The van der Waals surface area contributed by atoms with E-state index in [2.05, 4.69) is 4.72 Å². The van der Waals surface area contributed by atoms with Crippen molar-refractivity contribution in [2.75, 3.05) is 4.72 Å². The number of hydrogen-bond donors (Lipinski definition) is 2. The lowest BCUT2D eigenvalue weighted by Gasteiger charge is -2.13. The number of carbonyl (C=O) groups is 1. The second kappa shape index (κ2) is 5.76. The van der Waals surface area contributed by atoms with Crippen LogP contribution in [-0.4, -0.2) is 19.5 Å². The van der Waals surface area contributed by atoms with Crippen molar-refractivity contribution in [1.82, 2.24) is 0 Å². The summed E-state index contributed by atoms with van der Waals surface area (Å²) in [7, 11) is -3.96. The van der Waals surface area contributed by atoms with E-state index in [1.807, 2.05) is 0 Å². The molecule has 0 atom stereocenters. The molecule has 0 bridgehead atoms. The number of carboxylic acid groups (broad SMARTS) is 1. The molecule has 0 unspecified atom stereocenters. The number of sulfonamides is 1. The first-order valence-electron chi connectivity index (χ1n) is 6.34. The molecule has 0 spiro atoms. The van der Waals surface area contributed by atoms with Gasteiger partial charge < -0.3 is 5.11 Å². The zero-order chi connectivity index (χ0) is 16.5. The summed E-state index contributed by atoms with van der Waals surface area (Å²) in [5.74, 6) is -1.71. The summed E-state index contributed by atoms with van der Waals surface area (Å²) in [4.78, 5) is 10.7. The summed E-state index contributed by atoms with van der Waals surface area (Å²) in [6, 6.07) is 7.83. The van der Waals surface area contributed by atoms with E-state index in [1.165, 1.54) is 43.3 Å². The number of benzene rings is 2. The maximum atomic E-state index is 13.5. The van der Waals surface area contributed by atoms with Crippen LogP contribution >= 0.6 is 0 Å². The fourth-order valence-electron chi connectivity index (χ4n) is 1.99. The van der Waals surface area contributed by atoms with E-state index in [0.717, 1.165) is 0 Å². The Kier molecular flexibility index (Phi) is 4.18. The molecule has 0 aliphatic heterocycles. The summed E-state index contributed by atoms with van der Waals surface area (Å²) in [6.07, 6.45) is 0. The van der Waals surface area contributed by atoms with Gasteiger partial charge in [-0.15, -0.1) is 0 Å². The zero-order valence-corrected chi connectivity index (χ0v) is 12.7. The van der Waals surface area contributed by atoms with Crippen molar-refractivity contribution in [2.45, 2.75) is 18.7 Å². The van der Waals surface area contributed by atoms with Crippen molar-refractivity contribution in [2.24, 2.45) is 0 Å². The Morgan fingerprint density at radius 3 is 2.45 bits per heavy atom. The van der Waals surface area contributed by atoms with Crippen LogP contribution in [0.2, 0.25) is 0 Å². The molecule has 0 radical (unpaired) electrons. The highest BCUT2D eigenvalue weighted by Crippen LogP contribution is 2.23. The van der Waals surface area contributed by atoms with Crippen LogP contribution in [0.15, 0.2) is 41.3 Å². The van der Waals surface area contributed by atoms with Crippen LogP contribution in [-0.2, 0) is 10.0 Å². The van der Waals surface area contributed by atoms with Crippen LogP contribution in [0.4, 0.5) is 10.1 Å². The van der Waals surface area contributed by atoms with Gasteiger partial charge in [-0.3, -0.25) is 4.72 Å². The van der Waals surface area contributed by atoms with Crippen LogP contribution in [0.5, 0.6) is 0 Å². The van der Waals surface area contributed by atoms with Gasteiger partial charge in [0.15, 0.2) is 0 Å². The summed E-state index contributed by atoms with van der Waals surface area (Å²) >= 11 is 0. The molecule has 2 aromatic carbocycles. The molecular formula is C15H14FNO4S. The first-order chi connectivity index (χ1) is 10.2. The molecule has 0 aliphatic rings. The van der Waals surface area contributed by atoms with Gasteiger partial charge in [-0.2, -0.15) is 0 Å². The second-order valence-corrected chi connectivity index (χ2v) is 6.45. The molecule has 2 N–H and O–H groups in total. The van der Waals surface area contributed by atoms with E-state index in [0.29, 0.717) is 5.56 Å². The normalized spacial score (nSPS) is 11.2. The topological polar surface area (TPSA) is 83.5 Å². The number of anilines is 1. The van der Waals surface area contributed by atoms with Gasteiger partial charge in [-0.1, -0.05) is 6.07 Å². The van der Waals surface area contributed by atoms with Crippen LogP contribution in [0.25, 0.3) is 0 Å². The minimum atomic E-state index is -3.96. The Morgan fingerprint density at radius 1 is 1.18 bits per heavy atom. The minimum Gasteiger partial charge on any atom is -0.478 e. The molecule has 2 aromatic rings. The van der Waals surface area contributed by atoms with Crippen molar-refractivity contribution >= 4 is 21.7 Å². The fourth-order valence-corrected chi connectivity index (χ4v) is 3.38. The molecule has 0 fully saturated rings. The Balaban J connectivity index is 2.41. The molecule has 0 saturated carbocycles. The third-order valence-electron chi connectivity index (χ3n) is 3.23. The number of rotatable bonds is 4. The monoisotopic (exact) mass is 323 g/mol. The van der Waals surface area contributed by atoms with E-state index in [4.69, 9.17) is 5.11 Å². The number of halogens is 1. The molecule has 7 heteroatoms. The lowest BCUT2D eigenvalue weighted by atomic mass is 10.1. The van der Waals surface area contributed by atoms with Gasteiger partial charge in [0.25, 0.3) is 10.0 Å². The molecule has 2 rings (SSSR count). The standard InChI is InChI=1S/C15H14FNO4S/c1-9-8-11(15(18)19)6-7-13(9)17-22(20,21)14-5-3-4-12(16)10(14)2/h3-8,17H,1-2H3,(H,18,19). The Morgan fingerprint density at radius 2 is 1.86 bits per heavy atom. The Hall–Kier alpha value is -2.41. The van der Waals surface area contributed by atoms with E-state index in [1.54, 1.807) is 6.92 Å². The zero-order valence-electron chi connectivity index (χ0n) is 11.9. The first-order valence-corrected chi connectivity index (χ1v) is 7.82. The van der Waals surface area contributed by atoms with E-state index in [-0.39, 0.29) is 21.7 Å². The van der Waals surface area contributed by atoms with Gasteiger partial charge in [0.1, 0.15) is 5.82 Å². The lowest BCUT2D eigenvalue weighted by Crippen LogP contribution is -2.15. The maximum Gasteiger partial charge on any atom is 0.335 e. The molecule has 116 valence electrons. The van der Waals surface area contributed by atoms with E-state index < -0.39 is 21.8 Å². The van der Waals surface area contributed by atoms with Crippen molar-refractivity contribution in [3.63, 3.8) is 0 Å². The fraction of sp³-hybridized carbons (Fsp3) is 0.133. The van der Waals surface area contributed by atoms with Gasteiger partial charge in [0, 0.05) is 5.56 Å². The van der Waals surface area contributed by atoms with E-state index >= 15 is 0 Å². The first kappa shape index (κ1) is 16.0. The third kappa shape index (κ3) is 3.09. The average Bonchev–Trinajstić information content (AvgIpc) is 2.43. The van der Waals surface area contributed by atoms with Crippen molar-refractivity contribution in [1.29, 1.82) is 0 Å². The molecular weight excluding hydrogens is 309 g/mol. The summed E-state index contributed by atoms with van der Waals surface area (Å²) in [5, 5.41) is 8.90. The molecule has 0 aromatic heterocycles. The number of carboxylic acids is 1. The van der Waals surface area contributed by atoms with Gasteiger partial charge in [-0.05, 0) is 49.7 Å². The van der Waals surface area contributed by atoms with Gasteiger partial charge >= 0.3 is 5.97 Å². The van der Waals surface area contributed by atoms with E-state index in [9.17, 15) is 17.6 Å². The highest BCUT2D eigenvalue weighted by Gasteiger charge is 2.19. The van der Waals surface area contributed by atoms with Crippen molar-refractivity contribution in [3.05, 3.63) is 58.9 Å². The molecule has 22 heavy (non-hydrogen) atoms. The molecule has 0 aliphatic carbocycles. The largest absolute Gasteiger partial charge is 0.478 e. The number of aryl methyl sites for hydroxylation is 1. The Labute approximate surface area is 127 Å². The average molecular weight is 323 g/mol. The summed E-state index contributed by atoms with van der Waals surface area (Å²) in [5.41, 5.74) is 0.781. The van der Waals surface area contributed by atoms with Crippen molar-refractivity contribution in [3.8, 4) is 0 Å². The molecule has 5 nitrogen and oxygen atoms in total. The number of hydrogen-bond acceptors (Lipinski definition) is 3. The molecule has 0 saturated heterocycles. The summed E-state index contributed by atoms with van der Waals surface area (Å²) in [6.45, 7) is 2.97. The highest BCUT2D eigenvalue weighted by molar-refractivity contribution is 7.92. The van der Waals surface area contributed by atoms with Crippen LogP contribution < -0.4 is 4.72 Å². The lowest BCUT2D eigenvalue weighted by molar-refractivity contribution is 0.0697. The highest BCUT2D eigenvalue weighted by atomic mass is 32.2. The predicted molar refractivity (Wildman–Crippen MR) is 80.1 cm³/mol. The SMILES string of the molecule is Cc1cc(C(=O)O)ccc1NS(=O)(=O)c1cccc(F)c1C. The van der Waals surface area contributed by atoms with Crippen LogP contribution in [0, 0.1) is 19.7 Å². The third-order valence-corrected chi connectivity index (χ3v) is 4.74. The predicted octanol–water partition coefficient (Wildman–Crippen LogP) is 2.94. The maximum absolute atomic E-state index is 13.5. The van der Waals surface area contributed by atoms with Crippen LogP contribution in [0.3, 0.4) is 0 Å². The van der Waals surface area contributed by atoms with Gasteiger partial charge in [0.2, 0.25) is 0 Å². The van der Waals surface area contributed by atoms with Crippen molar-refractivity contribution < 1.29 is 22.7 Å². The molecule has 0 heterocycles.